The van der Waals surface area contributed by atoms with E-state index in [1.54, 1.807) is 6.92 Å². The summed E-state index contributed by atoms with van der Waals surface area (Å²) in [5, 5.41) is 9.04. The molecule has 0 aliphatic heterocycles. The normalized spacial score (nSPS) is 13.0. The van der Waals surface area contributed by atoms with Gasteiger partial charge in [-0.25, -0.2) is 4.98 Å². The molecule has 11 heavy (non-hydrogen) atoms. The van der Waals surface area contributed by atoms with Gasteiger partial charge in [0, 0.05) is 12.1 Å². The Morgan fingerprint density at radius 3 is 2.91 bits per heavy atom. The smallest absolute Gasteiger partial charge is 0.106 e. The molecule has 0 saturated carbocycles. The highest BCUT2D eigenvalue weighted by molar-refractivity contribution is 9.10. The number of aliphatic hydroxyl groups is 1. The Morgan fingerprint density at radius 1 is 1.64 bits per heavy atom. The topological polar surface area (TPSA) is 33.1 Å². The van der Waals surface area contributed by atoms with Gasteiger partial charge in [0.1, 0.15) is 4.60 Å². The summed E-state index contributed by atoms with van der Waals surface area (Å²) in [5.41, 5.74) is 0.911. The predicted molar refractivity (Wildman–Crippen MR) is 47.3 cm³/mol. The molecule has 2 nitrogen and oxygen atoms in total. The van der Waals surface area contributed by atoms with Gasteiger partial charge in [0.05, 0.1) is 6.10 Å². The van der Waals surface area contributed by atoms with Crippen molar-refractivity contribution in [2.24, 2.45) is 0 Å². The van der Waals surface area contributed by atoms with Crippen molar-refractivity contribution in [1.82, 2.24) is 4.98 Å². The standard InChI is InChI=1S/C8H10BrNO/c1-6(11)5-7-3-2-4-8(9)10-7/h2-4,6,11H,5H2,1H3. The summed E-state index contributed by atoms with van der Waals surface area (Å²) in [4.78, 5) is 4.17. The van der Waals surface area contributed by atoms with E-state index in [4.69, 9.17) is 5.11 Å². The van der Waals surface area contributed by atoms with Gasteiger partial charge in [0.15, 0.2) is 0 Å². The monoisotopic (exact) mass is 215 g/mol. The number of hydrogen-bond acceptors (Lipinski definition) is 2. The maximum absolute atomic E-state index is 9.04. The predicted octanol–water partition coefficient (Wildman–Crippen LogP) is 1.77. The Bertz CT molecular complexity index is 237. The van der Waals surface area contributed by atoms with Crippen molar-refractivity contribution < 1.29 is 5.11 Å². The zero-order chi connectivity index (χ0) is 8.27. The number of halogens is 1. The van der Waals surface area contributed by atoms with Crippen LogP contribution in [-0.2, 0) is 6.42 Å². The van der Waals surface area contributed by atoms with Crippen LogP contribution in [0.3, 0.4) is 0 Å². The lowest BCUT2D eigenvalue weighted by Gasteiger charge is -2.02. The molecule has 1 rings (SSSR count). The van der Waals surface area contributed by atoms with E-state index in [1.807, 2.05) is 18.2 Å². The fraction of sp³-hybridized carbons (Fsp3) is 0.375. The third kappa shape index (κ3) is 2.99. The van der Waals surface area contributed by atoms with E-state index >= 15 is 0 Å². The molecule has 0 aliphatic carbocycles. The second-order valence-corrected chi connectivity index (χ2v) is 3.32. The lowest BCUT2D eigenvalue weighted by molar-refractivity contribution is 0.194. The zero-order valence-corrected chi connectivity index (χ0v) is 7.87. The van der Waals surface area contributed by atoms with Crippen LogP contribution in [0.2, 0.25) is 0 Å². The van der Waals surface area contributed by atoms with Gasteiger partial charge in [-0.3, -0.25) is 0 Å². The maximum atomic E-state index is 9.04. The van der Waals surface area contributed by atoms with E-state index < -0.39 is 0 Å². The van der Waals surface area contributed by atoms with Crippen molar-refractivity contribution in [2.45, 2.75) is 19.4 Å². The maximum Gasteiger partial charge on any atom is 0.106 e. The van der Waals surface area contributed by atoms with Crippen molar-refractivity contribution >= 4 is 15.9 Å². The summed E-state index contributed by atoms with van der Waals surface area (Å²) in [6.45, 7) is 1.75. The second kappa shape index (κ2) is 3.83. The average molecular weight is 216 g/mol. The molecule has 1 unspecified atom stereocenters. The zero-order valence-electron chi connectivity index (χ0n) is 6.29. The summed E-state index contributed by atoms with van der Waals surface area (Å²) in [6.07, 6.45) is 0.288. The fourth-order valence-corrected chi connectivity index (χ4v) is 1.25. The van der Waals surface area contributed by atoms with E-state index in [9.17, 15) is 0 Å². The molecule has 60 valence electrons. The molecule has 1 atom stereocenters. The molecule has 0 aromatic carbocycles. The van der Waals surface area contributed by atoms with Gasteiger partial charge in [0.2, 0.25) is 0 Å². The average Bonchev–Trinajstić information content (AvgIpc) is 1.85. The second-order valence-electron chi connectivity index (χ2n) is 2.50. The van der Waals surface area contributed by atoms with Crippen LogP contribution in [-0.4, -0.2) is 16.2 Å². The molecule has 1 aromatic rings. The Labute approximate surface area is 74.4 Å². The van der Waals surface area contributed by atoms with Gasteiger partial charge in [0.25, 0.3) is 0 Å². The molecule has 0 bridgehead atoms. The van der Waals surface area contributed by atoms with Gasteiger partial charge >= 0.3 is 0 Å². The quantitative estimate of drug-likeness (QED) is 0.764. The highest BCUT2D eigenvalue weighted by Gasteiger charge is 1.99. The van der Waals surface area contributed by atoms with Crippen molar-refractivity contribution in [3.05, 3.63) is 28.5 Å². The van der Waals surface area contributed by atoms with Crippen LogP contribution in [0, 0.1) is 0 Å². The number of aliphatic hydroxyl groups excluding tert-OH is 1. The summed E-state index contributed by atoms with van der Waals surface area (Å²) in [6, 6.07) is 5.68. The van der Waals surface area contributed by atoms with Gasteiger partial charge < -0.3 is 5.11 Å². The minimum absolute atomic E-state index is 0.322. The first kappa shape index (κ1) is 8.68. The van der Waals surface area contributed by atoms with Gasteiger partial charge in [-0.15, -0.1) is 0 Å². The summed E-state index contributed by atoms with van der Waals surface area (Å²) >= 11 is 3.26. The lowest BCUT2D eigenvalue weighted by Crippen LogP contribution is -2.05. The Hall–Kier alpha value is -0.410. The van der Waals surface area contributed by atoms with Crippen LogP contribution < -0.4 is 0 Å². The SMILES string of the molecule is CC(O)Cc1cccc(Br)n1. The largest absolute Gasteiger partial charge is 0.393 e. The van der Waals surface area contributed by atoms with E-state index in [0.717, 1.165) is 10.3 Å². The highest BCUT2D eigenvalue weighted by atomic mass is 79.9. The molecule has 3 heteroatoms. The van der Waals surface area contributed by atoms with E-state index in [2.05, 4.69) is 20.9 Å². The van der Waals surface area contributed by atoms with E-state index in [-0.39, 0.29) is 6.10 Å². The van der Waals surface area contributed by atoms with Crippen molar-refractivity contribution in [2.75, 3.05) is 0 Å². The van der Waals surface area contributed by atoms with E-state index in [1.165, 1.54) is 0 Å². The molecular weight excluding hydrogens is 206 g/mol. The molecule has 0 amide bonds. The highest BCUT2D eigenvalue weighted by Crippen LogP contribution is 2.07. The molecule has 0 spiro atoms. The van der Waals surface area contributed by atoms with Crippen LogP contribution in [0.4, 0.5) is 0 Å². The summed E-state index contributed by atoms with van der Waals surface area (Å²) < 4.78 is 0.815. The summed E-state index contributed by atoms with van der Waals surface area (Å²) in [5.74, 6) is 0. The van der Waals surface area contributed by atoms with Gasteiger partial charge in [-0.1, -0.05) is 6.07 Å². The minimum Gasteiger partial charge on any atom is -0.393 e. The van der Waals surface area contributed by atoms with Crippen LogP contribution in [0.1, 0.15) is 12.6 Å². The fourth-order valence-electron chi connectivity index (χ4n) is 0.867. The first-order valence-electron chi connectivity index (χ1n) is 3.48. The first-order chi connectivity index (χ1) is 5.18. The number of pyridine rings is 1. The first-order valence-corrected chi connectivity index (χ1v) is 4.27. The molecular formula is C8H10BrNO. The molecule has 1 heterocycles. The van der Waals surface area contributed by atoms with Gasteiger partial charge in [-0.05, 0) is 35.0 Å². The number of nitrogens with zero attached hydrogens (tertiary/aromatic N) is 1. The third-order valence-corrected chi connectivity index (χ3v) is 1.72. The van der Waals surface area contributed by atoms with E-state index in [0.29, 0.717) is 6.42 Å². The Kier molecular flexibility index (Phi) is 3.02. The van der Waals surface area contributed by atoms with Crippen LogP contribution >= 0.6 is 15.9 Å². The number of hydrogen-bond donors (Lipinski definition) is 1. The molecule has 1 N–H and O–H groups in total. The number of rotatable bonds is 2. The summed E-state index contributed by atoms with van der Waals surface area (Å²) in [7, 11) is 0. The lowest BCUT2D eigenvalue weighted by atomic mass is 10.2. The Balaban J connectivity index is 2.71. The minimum atomic E-state index is -0.322. The van der Waals surface area contributed by atoms with Gasteiger partial charge in [-0.2, -0.15) is 0 Å². The van der Waals surface area contributed by atoms with Crippen molar-refractivity contribution in [3.8, 4) is 0 Å². The van der Waals surface area contributed by atoms with Crippen LogP contribution in [0.15, 0.2) is 22.8 Å². The van der Waals surface area contributed by atoms with Crippen LogP contribution in [0.25, 0.3) is 0 Å². The molecule has 0 radical (unpaired) electrons. The van der Waals surface area contributed by atoms with Crippen LogP contribution in [0.5, 0.6) is 0 Å². The molecule has 0 aliphatic rings. The number of aromatic nitrogens is 1. The van der Waals surface area contributed by atoms with Crippen molar-refractivity contribution in [1.29, 1.82) is 0 Å². The Morgan fingerprint density at radius 2 is 2.36 bits per heavy atom. The molecule has 1 aromatic heterocycles. The molecule has 0 saturated heterocycles. The molecule has 0 fully saturated rings. The van der Waals surface area contributed by atoms with Crippen molar-refractivity contribution in [3.63, 3.8) is 0 Å². The third-order valence-electron chi connectivity index (χ3n) is 1.28.